The molecule has 1 aromatic carbocycles. The SMILES string of the molecule is CCC(C)C(NC(=O)C(N)CO)C(=O)NC(C(=O)NC(C(=O)NC(Cc1ccccc1)C(=O)NC(CCC(=O)O)C(=O)NC(CCCCN)C(=O)NC(CC(C)C)C(=O)O)C(C)C)C(C)CC. The highest BCUT2D eigenvalue weighted by atomic mass is 16.4. The minimum Gasteiger partial charge on any atom is -0.481 e. The van der Waals surface area contributed by atoms with Crippen LogP contribution < -0.4 is 48.7 Å². The molecule has 1 rings (SSSR count). The maximum absolute atomic E-state index is 14.3. The van der Waals surface area contributed by atoms with Crippen LogP contribution in [0.5, 0.6) is 0 Å². The van der Waals surface area contributed by atoms with Gasteiger partial charge in [0, 0.05) is 12.8 Å². The highest BCUT2D eigenvalue weighted by Gasteiger charge is 2.37. The molecule has 0 aliphatic rings. The Hall–Kier alpha value is -5.67. The molecule has 0 fully saturated rings. The van der Waals surface area contributed by atoms with E-state index < -0.39 is 139 Å². The highest BCUT2D eigenvalue weighted by molar-refractivity contribution is 5.98. The van der Waals surface area contributed by atoms with Crippen molar-refractivity contribution < 1.29 is 58.5 Å². The van der Waals surface area contributed by atoms with Crippen molar-refractivity contribution in [3.8, 4) is 0 Å². The fourth-order valence-electron chi connectivity index (χ4n) is 6.90. The van der Waals surface area contributed by atoms with E-state index in [2.05, 4.69) is 37.2 Å². The van der Waals surface area contributed by atoms with Gasteiger partial charge < -0.3 is 64.0 Å². The van der Waals surface area contributed by atoms with Gasteiger partial charge in [0.15, 0.2) is 0 Å². The molecule has 0 spiro atoms. The monoisotopic (exact) mass is 948 g/mol. The summed E-state index contributed by atoms with van der Waals surface area (Å²) in [6.07, 6.45) is 0.752. The van der Waals surface area contributed by atoms with E-state index in [0.717, 1.165) is 0 Å². The largest absolute Gasteiger partial charge is 0.481 e. The summed E-state index contributed by atoms with van der Waals surface area (Å²) in [5.41, 5.74) is 11.9. The second kappa shape index (κ2) is 30.6. The first-order chi connectivity index (χ1) is 31.5. The van der Waals surface area contributed by atoms with E-state index in [4.69, 9.17) is 11.5 Å². The average molecular weight is 948 g/mol. The van der Waals surface area contributed by atoms with E-state index in [1.165, 1.54) is 0 Å². The molecule has 10 atom stereocenters. The van der Waals surface area contributed by atoms with Crippen molar-refractivity contribution in [1.82, 2.24) is 37.2 Å². The highest BCUT2D eigenvalue weighted by Crippen LogP contribution is 2.15. The molecule has 0 aliphatic carbocycles. The minimum atomic E-state index is -1.54. The van der Waals surface area contributed by atoms with E-state index in [-0.39, 0.29) is 31.7 Å². The first-order valence-corrected chi connectivity index (χ1v) is 23.2. The zero-order valence-corrected chi connectivity index (χ0v) is 40.3. The molecule has 0 heterocycles. The standard InChI is InChI=1S/C46H77N9O12/c1-9-27(7)37(54-39(59)30(48)24-56)45(65)55-38(28(8)10-2)44(64)53-36(26(5)6)43(63)51-33(23-29-16-12-11-13-17-29)42(62)50-32(19-20-35(57)58)41(61)49-31(18-14-15-21-47)40(60)52-34(46(66)67)22-25(3)4/h11-13,16-17,25-28,30-34,36-38,56H,9-10,14-15,18-24,47-48H2,1-8H3,(H,49,61)(H,50,62)(H,51,63)(H,52,60)(H,53,64)(H,54,59)(H,55,65)(H,57,58)(H,66,67). The van der Waals surface area contributed by atoms with Crippen molar-refractivity contribution in [2.75, 3.05) is 13.2 Å². The molecular weight excluding hydrogens is 871 g/mol. The predicted octanol–water partition coefficient (Wildman–Crippen LogP) is -0.185. The fraction of sp³-hybridized carbons (Fsp3) is 0.674. The topological polar surface area (TPSA) is 351 Å². The molecule has 0 saturated heterocycles. The summed E-state index contributed by atoms with van der Waals surface area (Å²) in [4.78, 5) is 120. The number of aliphatic hydroxyl groups is 1. The van der Waals surface area contributed by atoms with Gasteiger partial charge in [0.25, 0.3) is 0 Å². The number of rotatable bonds is 32. The molecule has 21 heteroatoms. The van der Waals surface area contributed by atoms with Crippen LogP contribution in [0.3, 0.4) is 0 Å². The smallest absolute Gasteiger partial charge is 0.326 e. The first kappa shape index (κ1) is 59.3. The average Bonchev–Trinajstić information content (AvgIpc) is 3.28. The van der Waals surface area contributed by atoms with Crippen LogP contribution in [0, 0.1) is 23.7 Å². The number of carbonyl (C=O) groups is 9. The van der Waals surface area contributed by atoms with Gasteiger partial charge in [0.05, 0.1) is 6.61 Å². The molecule has 10 unspecified atom stereocenters. The summed E-state index contributed by atoms with van der Waals surface area (Å²) in [5, 5.41) is 47.0. The van der Waals surface area contributed by atoms with Gasteiger partial charge in [-0.15, -0.1) is 0 Å². The van der Waals surface area contributed by atoms with Gasteiger partial charge in [-0.2, -0.15) is 0 Å². The lowest BCUT2D eigenvalue weighted by molar-refractivity contribution is -0.143. The normalized spacial score (nSPS) is 15.8. The summed E-state index contributed by atoms with van der Waals surface area (Å²) in [7, 11) is 0. The van der Waals surface area contributed by atoms with Crippen molar-refractivity contribution in [3.63, 3.8) is 0 Å². The summed E-state index contributed by atoms with van der Waals surface area (Å²) < 4.78 is 0. The maximum atomic E-state index is 14.3. The van der Waals surface area contributed by atoms with Crippen molar-refractivity contribution in [3.05, 3.63) is 35.9 Å². The minimum absolute atomic E-state index is 0.0489. The number of unbranched alkanes of at least 4 members (excludes halogenated alkanes) is 1. The van der Waals surface area contributed by atoms with Gasteiger partial charge in [0.1, 0.15) is 48.3 Å². The lowest BCUT2D eigenvalue weighted by atomic mass is 9.94. The quantitative estimate of drug-likeness (QED) is 0.0417. The number of nitrogens with one attached hydrogen (secondary N) is 7. The number of benzene rings is 1. The Morgan fingerprint density at radius 3 is 1.46 bits per heavy atom. The number of nitrogens with two attached hydrogens (primary N) is 2. The summed E-state index contributed by atoms with van der Waals surface area (Å²) in [6.45, 7) is 13.5. The van der Waals surface area contributed by atoms with E-state index in [1.807, 2.05) is 0 Å². The lowest BCUT2D eigenvalue weighted by Crippen LogP contribution is -2.62. The van der Waals surface area contributed by atoms with Crippen molar-refractivity contribution in [2.24, 2.45) is 35.1 Å². The summed E-state index contributed by atoms with van der Waals surface area (Å²) >= 11 is 0. The summed E-state index contributed by atoms with van der Waals surface area (Å²) in [5.74, 6) is -9.69. The molecule has 21 nitrogen and oxygen atoms in total. The number of carboxylic acid groups (broad SMARTS) is 2. The van der Waals surface area contributed by atoms with E-state index >= 15 is 0 Å². The molecule has 0 bridgehead atoms. The number of aliphatic hydroxyl groups excluding tert-OH is 1. The van der Waals surface area contributed by atoms with Gasteiger partial charge in [-0.05, 0) is 67.9 Å². The number of amides is 7. The Labute approximate surface area is 393 Å². The van der Waals surface area contributed by atoms with Gasteiger partial charge in [0.2, 0.25) is 41.4 Å². The number of hydrogen-bond donors (Lipinski definition) is 12. The van der Waals surface area contributed by atoms with E-state index in [1.54, 1.807) is 85.7 Å². The lowest BCUT2D eigenvalue weighted by Gasteiger charge is -2.31. The van der Waals surface area contributed by atoms with Crippen LogP contribution >= 0.6 is 0 Å². The molecule has 67 heavy (non-hydrogen) atoms. The van der Waals surface area contributed by atoms with Crippen LogP contribution in [0.4, 0.5) is 0 Å². The van der Waals surface area contributed by atoms with Gasteiger partial charge in [-0.3, -0.25) is 38.4 Å². The van der Waals surface area contributed by atoms with Crippen LogP contribution in [0.2, 0.25) is 0 Å². The van der Waals surface area contributed by atoms with E-state index in [9.17, 15) is 58.5 Å². The van der Waals surface area contributed by atoms with Crippen molar-refractivity contribution in [2.45, 2.75) is 162 Å². The number of carbonyl (C=O) groups excluding carboxylic acids is 7. The number of aliphatic carboxylic acids is 2. The number of hydrogen-bond acceptors (Lipinski definition) is 12. The molecule has 1 aromatic rings. The van der Waals surface area contributed by atoms with Crippen molar-refractivity contribution in [1.29, 1.82) is 0 Å². The molecular formula is C46H77N9O12. The van der Waals surface area contributed by atoms with Crippen LogP contribution in [0.1, 0.15) is 112 Å². The Morgan fingerprint density at radius 1 is 0.567 bits per heavy atom. The van der Waals surface area contributed by atoms with Crippen molar-refractivity contribution >= 4 is 53.3 Å². The Balaban J connectivity index is 3.55. The molecule has 378 valence electrons. The van der Waals surface area contributed by atoms with Gasteiger partial charge in [-0.25, -0.2) is 4.79 Å². The first-order valence-electron chi connectivity index (χ1n) is 23.2. The van der Waals surface area contributed by atoms with Gasteiger partial charge >= 0.3 is 11.9 Å². The Morgan fingerprint density at radius 2 is 1.01 bits per heavy atom. The van der Waals surface area contributed by atoms with Crippen LogP contribution in [0.15, 0.2) is 30.3 Å². The summed E-state index contributed by atoms with van der Waals surface area (Å²) in [6, 6.07) is -1.80. The predicted molar refractivity (Wildman–Crippen MR) is 249 cm³/mol. The third-order valence-electron chi connectivity index (χ3n) is 11.5. The molecule has 0 aliphatic heterocycles. The molecule has 7 amide bonds. The third-order valence-corrected chi connectivity index (χ3v) is 11.5. The van der Waals surface area contributed by atoms with Gasteiger partial charge in [-0.1, -0.05) is 98.6 Å². The Kier molecular flexibility index (Phi) is 27.1. The van der Waals surface area contributed by atoms with Crippen LogP contribution in [-0.2, 0) is 49.6 Å². The fourth-order valence-corrected chi connectivity index (χ4v) is 6.90. The van der Waals surface area contributed by atoms with Crippen LogP contribution in [0.25, 0.3) is 0 Å². The number of carboxylic acids is 2. The zero-order chi connectivity index (χ0) is 51.0. The maximum Gasteiger partial charge on any atom is 0.326 e. The Bertz CT molecular complexity index is 1780. The second-order valence-electron chi connectivity index (χ2n) is 17.9. The third kappa shape index (κ3) is 21.2. The molecule has 14 N–H and O–H groups in total. The molecule has 0 aromatic heterocycles. The molecule has 0 saturated carbocycles. The van der Waals surface area contributed by atoms with Crippen LogP contribution in [-0.4, -0.2) is 130 Å². The van der Waals surface area contributed by atoms with E-state index in [0.29, 0.717) is 31.2 Å². The zero-order valence-electron chi connectivity index (χ0n) is 40.3. The second-order valence-corrected chi connectivity index (χ2v) is 17.9. The molecule has 0 radical (unpaired) electrons.